The van der Waals surface area contributed by atoms with Gasteiger partial charge in [-0.15, -0.1) is 10.2 Å². The summed E-state index contributed by atoms with van der Waals surface area (Å²) in [6.07, 6.45) is 3.46. The van der Waals surface area contributed by atoms with Crippen LogP contribution in [0.2, 0.25) is 0 Å². The van der Waals surface area contributed by atoms with Crippen LogP contribution < -0.4 is 9.47 Å². The summed E-state index contributed by atoms with van der Waals surface area (Å²) in [4.78, 5) is 4.82. The average molecular weight is 339 g/mol. The van der Waals surface area contributed by atoms with Gasteiger partial charge >= 0.3 is 0 Å². The van der Waals surface area contributed by atoms with Gasteiger partial charge in [0.15, 0.2) is 10.8 Å². The maximum absolute atomic E-state index is 5.77. The highest BCUT2D eigenvalue weighted by atomic mass is 32.1. The zero-order valence-electron chi connectivity index (χ0n) is 12.8. The normalized spacial score (nSPS) is 10.9. The maximum Gasteiger partial charge on any atom is 0.235 e. The number of methoxy groups -OCH3 is 1. The number of hydrogen-bond donors (Lipinski definition) is 0. The third kappa shape index (κ3) is 2.79. The summed E-state index contributed by atoms with van der Waals surface area (Å²) in [5, 5.41) is 13.7. The van der Waals surface area contributed by atoms with Crippen LogP contribution in [0.5, 0.6) is 11.5 Å². The standard InChI is InChI=1S/C16H13N5O2S/c1-22-12-5-2-6-13(8-12)23-10-14-20-21-15(18-19-16(21)24-14)11-4-3-7-17-9-11/h2-9H,10H2,1H3. The van der Waals surface area contributed by atoms with Gasteiger partial charge in [0, 0.05) is 24.0 Å². The molecule has 0 bridgehead atoms. The number of ether oxygens (including phenoxy) is 2. The molecule has 0 amide bonds. The molecular weight excluding hydrogens is 326 g/mol. The van der Waals surface area contributed by atoms with Gasteiger partial charge in [-0.2, -0.15) is 9.61 Å². The van der Waals surface area contributed by atoms with Crippen molar-refractivity contribution >= 4 is 16.3 Å². The summed E-state index contributed by atoms with van der Waals surface area (Å²) in [7, 11) is 1.63. The Kier molecular flexibility index (Phi) is 3.80. The lowest BCUT2D eigenvalue weighted by Gasteiger charge is -2.05. The number of benzene rings is 1. The Hall–Kier alpha value is -3.00. The first-order valence-corrected chi connectivity index (χ1v) is 8.03. The van der Waals surface area contributed by atoms with Gasteiger partial charge in [0.25, 0.3) is 0 Å². The lowest BCUT2D eigenvalue weighted by Crippen LogP contribution is -1.97. The third-order valence-electron chi connectivity index (χ3n) is 3.36. The first kappa shape index (κ1) is 14.6. The minimum absolute atomic E-state index is 0.355. The predicted molar refractivity (Wildman–Crippen MR) is 89.2 cm³/mol. The van der Waals surface area contributed by atoms with Crippen molar-refractivity contribution in [3.8, 4) is 22.9 Å². The molecule has 3 heterocycles. The Labute approximate surface area is 141 Å². The average Bonchev–Trinajstić information content (AvgIpc) is 3.21. The molecule has 0 aliphatic rings. The summed E-state index contributed by atoms with van der Waals surface area (Å²) >= 11 is 1.44. The highest BCUT2D eigenvalue weighted by molar-refractivity contribution is 7.16. The third-order valence-corrected chi connectivity index (χ3v) is 4.23. The van der Waals surface area contributed by atoms with Crippen LogP contribution in [0.1, 0.15) is 5.01 Å². The topological polar surface area (TPSA) is 74.4 Å². The monoisotopic (exact) mass is 339 g/mol. The minimum Gasteiger partial charge on any atom is -0.497 e. The van der Waals surface area contributed by atoms with Crippen LogP contribution in [-0.2, 0) is 6.61 Å². The van der Waals surface area contributed by atoms with Crippen LogP contribution in [0, 0.1) is 0 Å². The van der Waals surface area contributed by atoms with Crippen LogP contribution in [-0.4, -0.2) is 31.9 Å². The van der Waals surface area contributed by atoms with Crippen LogP contribution in [0.3, 0.4) is 0 Å². The van der Waals surface area contributed by atoms with Crippen LogP contribution in [0.25, 0.3) is 16.3 Å². The molecule has 4 aromatic rings. The number of pyridine rings is 1. The van der Waals surface area contributed by atoms with Crippen molar-refractivity contribution in [1.82, 2.24) is 24.8 Å². The molecule has 0 aliphatic heterocycles. The molecule has 3 aromatic heterocycles. The molecule has 0 saturated carbocycles. The molecular formula is C16H13N5O2S. The number of nitrogens with zero attached hydrogens (tertiary/aromatic N) is 5. The number of fused-ring (bicyclic) bond motifs is 1. The van der Waals surface area contributed by atoms with Crippen molar-refractivity contribution in [3.05, 3.63) is 53.8 Å². The second-order valence-corrected chi connectivity index (χ2v) is 5.96. The van der Waals surface area contributed by atoms with Gasteiger partial charge < -0.3 is 9.47 Å². The fourth-order valence-electron chi connectivity index (χ4n) is 2.23. The van der Waals surface area contributed by atoms with Crippen molar-refractivity contribution < 1.29 is 9.47 Å². The molecule has 0 unspecified atom stereocenters. The van der Waals surface area contributed by atoms with E-state index in [1.807, 2.05) is 36.4 Å². The van der Waals surface area contributed by atoms with Crippen LogP contribution in [0.15, 0.2) is 48.8 Å². The molecule has 0 saturated heterocycles. The summed E-state index contributed by atoms with van der Waals surface area (Å²) in [6.45, 7) is 0.355. The molecule has 8 heteroatoms. The molecule has 0 N–H and O–H groups in total. The first-order valence-electron chi connectivity index (χ1n) is 7.22. The van der Waals surface area contributed by atoms with Gasteiger partial charge in [0.05, 0.1) is 7.11 Å². The van der Waals surface area contributed by atoms with E-state index in [2.05, 4.69) is 20.3 Å². The number of hydrogen-bond acceptors (Lipinski definition) is 7. The Balaban J connectivity index is 1.56. The van der Waals surface area contributed by atoms with Gasteiger partial charge in [0.1, 0.15) is 18.1 Å². The van der Waals surface area contributed by atoms with E-state index in [1.165, 1.54) is 11.3 Å². The molecule has 120 valence electrons. The van der Waals surface area contributed by atoms with Gasteiger partial charge in [-0.05, 0) is 24.3 Å². The largest absolute Gasteiger partial charge is 0.497 e. The van der Waals surface area contributed by atoms with E-state index in [0.29, 0.717) is 12.4 Å². The van der Waals surface area contributed by atoms with Gasteiger partial charge in [-0.3, -0.25) is 4.98 Å². The Morgan fingerprint density at radius 2 is 2.04 bits per heavy atom. The van der Waals surface area contributed by atoms with E-state index < -0.39 is 0 Å². The predicted octanol–water partition coefficient (Wildman–Crippen LogP) is 2.84. The van der Waals surface area contributed by atoms with Crippen molar-refractivity contribution in [1.29, 1.82) is 0 Å². The van der Waals surface area contributed by atoms with Crippen LogP contribution >= 0.6 is 11.3 Å². The van der Waals surface area contributed by atoms with Crippen molar-refractivity contribution in [2.24, 2.45) is 0 Å². The van der Waals surface area contributed by atoms with Gasteiger partial charge in [0.2, 0.25) is 4.96 Å². The Morgan fingerprint density at radius 3 is 2.88 bits per heavy atom. The first-order chi connectivity index (χ1) is 11.8. The van der Waals surface area contributed by atoms with Gasteiger partial charge in [-0.25, -0.2) is 0 Å². The summed E-state index contributed by atoms with van der Waals surface area (Å²) in [6, 6.07) is 11.2. The molecule has 0 atom stereocenters. The van der Waals surface area contributed by atoms with E-state index in [9.17, 15) is 0 Å². The smallest absolute Gasteiger partial charge is 0.235 e. The van der Waals surface area contributed by atoms with E-state index in [0.717, 1.165) is 27.0 Å². The zero-order chi connectivity index (χ0) is 16.4. The van der Waals surface area contributed by atoms with Crippen molar-refractivity contribution in [2.45, 2.75) is 6.61 Å². The van der Waals surface area contributed by atoms with E-state index in [-0.39, 0.29) is 0 Å². The molecule has 1 aromatic carbocycles. The minimum atomic E-state index is 0.355. The van der Waals surface area contributed by atoms with Crippen molar-refractivity contribution in [2.75, 3.05) is 7.11 Å². The molecule has 0 spiro atoms. The molecule has 0 aliphatic carbocycles. The maximum atomic E-state index is 5.77. The Bertz CT molecular complexity index is 967. The highest BCUT2D eigenvalue weighted by Crippen LogP contribution is 2.23. The highest BCUT2D eigenvalue weighted by Gasteiger charge is 2.13. The number of rotatable bonds is 5. The molecule has 4 rings (SSSR count). The second-order valence-electron chi connectivity index (χ2n) is 4.92. The molecule has 0 fully saturated rings. The molecule has 24 heavy (non-hydrogen) atoms. The molecule has 7 nitrogen and oxygen atoms in total. The Morgan fingerprint density at radius 1 is 1.12 bits per heavy atom. The quantitative estimate of drug-likeness (QED) is 0.557. The summed E-state index contributed by atoms with van der Waals surface area (Å²) in [5.74, 6) is 2.15. The van der Waals surface area contributed by atoms with Crippen molar-refractivity contribution in [3.63, 3.8) is 0 Å². The van der Waals surface area contributed by atoms with E-state index >= 15 is 0 Å². The fraction of sp³-hybridized carbons (Fsp3) is 0.125. The number of aromatic nitrogens is 5. The molecule has 0 radical (unpaired) electrons. The summed E-state index contributed by atoms with van der Waals surface area (Å²) < 4.78 is 12.7. The second kappa shape index (κ2) is 6.25. The zero-order valence-corrected chi connectivity index (χ0v) is 13.6. The van der Waals surface area contributed by atoms with Crippen LogP contribution in [0.4, 0.5) is 0 Å². The SMILES string of the molecule is COc1cccc(OCc2nn3c(-c4cccnc4)nnc3s2)c1. The lowest BCUT2D eigenvalue weighted by molar-refractivity contribution is 0.301. The lowest BCUT2D eigenvalue weighted by atomic mass is 10.3. The fourth-order valence-corrected chi connectivity index (χ4v) is 2.97. The van der Waals surface area contributed by atoms with E-state index in [1.54, 1.807) is 24.0 Å². The van der Waals surface area contributed by atoms with Gasteiger partial charge in [-0.1, -0.05) is 17.4 Å². The van der Waals surface area contributed by atoms with E-state index in [4.69, 9.17) is 9.47 Å². The summed E-state index contributed by atoms with van der Waals surface area (Å²) in [5.41, 5.74) is 0.871.